The van der Waals surface area contributed by atoms with Gasteiger partial charge in [-0.2, -0.15) is 11.8 Å². The minimum absolute atomic E-state index is 0.457. The summed E-state index contributed by atoms with van der Waals surface area (Å²) < 4.78 is 2.30. The highest BCUT2D eigenvalue weighted by molar-refractivity contribution is 9.10. The highest BCUT2D eigenvalue weighted by atomic mass is 79.9. The minimum atomic E-state index is 0.457. The van der Waals surface area contributed by atoms with Gasteiger partial charge in [-0.15, -0.1) is 0 Å². The van der Waals surface area contributed by atoms with E-state index in [4.69, 9.17) is 0 Å². The van der Waals surface area contributed by atoms with Crippen LogP contribution in [0, 0.1) is 0 Å². The van der Waals surface area contributed by atoms with Gasteiger partial charge in [0.05, 0.1) is 10.2 Å². The largest absolute Gasteiger partial charge is 0.358 e. The van der Waals surface area contributed by atoms with E-state index in [2.05, 4.69) is 57.6 Å². The maximum absolute atomic E-state index is 4.56. The molecule has 0 fully saturated rings. The van der Waals surface area contributed by atoms with Crippen molar-refractivity contribution in [2.45, 2.75) is 13.0 Å². The van der Waals surface area contributed by atoms with E-state index < -0.39 is 0 Å². The van der Waals surface area contributed by atoms with E-state index in [9.17, 15) is 0 Å². The van der Waals surface area contributed by atoms with Gasteiger partial charge in [-0.1, -0.05) is 27.3 Å². The van der Waals surface area contributed by atoms with Crippen LogP contribution in [0.5, 0.6) is 0 Å². The van der Waals surface area contributed by atoms with E-state index in [0.717, 1.165) is 20.9 Å². The molecule has 2 rings (SSSR count). The molecule has 1 aromatic carbocycles. The molecule has 0 bridgehead atoms. The summed E-state index contributed by atoms with van der Waals surface area (Å²) in [6.45, 7) is 2.18. The summed E-state index contributed by atoms with van der Waals surface area (Å²) in [6.07, 6.45) is 2.12. The maximum atomic E-state index is 4.56. The highest BCUT2D eigenvalue weighted by Crippen LogP contribution is 2.28. The smallest absolute Gasteiger partial charge is 0.184 e. The molecule has 0 radical (unpaired) electrons. The van der Waals surface area contributed by atoms with Gasteiger partial charge in [0, 0.05) is 16.3 Å². The molecule has 1 atom stereocenters. The lowest BCUT2D eigenvalue weighted by atomic mass is 10.3. The molecule has 0 aliphatic rings. The van der Waals surface area contributed by atoms with Gasteiger partial charge in [-0.3, -0.25) is 0 Å². The number of aromatic nitrogens is 1. The van der Waals surface area contributed by atoms with E-state index in [1.165, 1.54) is 4.70 Å². The molecule has 0 amide bonds. The molecule has 86 valence electrons. The van der Waals surface area contributed by atoms with Gasteiger partial charge in [0.1, 0.15) is 0 Å². The van der Waals surface area contributed by atoms with Crippen LogP contribution in [0.25, 0.3) is 10.2 Å². The summed E-state index contributed by atoms with van der Waals surface area (Å²) in [6, 6.07) is 6.66. The van der Waals surface area contributed by atoms with Crippen molar-refractivity contribution in [3.8, 4) is 0 Å². The summed E-state index contributed by atoms with van der Waals surface area (Å²) in [5.74, 6) is 1.10. The van der Waals surface area contributed by atoms with Crippen molar-refractivity contribution in [3.05, 3.63) is 22.7 Å². The van der Waals surface area contributed by atoms with Gasteiger partial charge >= 0.3 is 0 Å². The van der Waals surface area contributed by atoms with Crippen LogP contribution in [0.15, 0.2) is 22.7 Å². The summed E-state index contributed by atoms with van der Waals surface area (Å²) in [4.78, 5) is 4.56. The molecule has 0 aliphatic heterocycles. The van der Waals surface area contributed by atoms with E-state index >= 15 is 0 Å². The number of fused-ring (bicyclic) bond motifs is 1. The van der Waals surface area contributed by atoms with Crippen LogP contribution in [0.4, 0.5) is 5.13 Å². The number of nitrogens with zero attached hydrogens (tertiary/aromatic N) is 1. The van der Waals surface area contributed by atoms with Crippen molar-refractivity contribution in [2.75, 3.05) is 17.3 Å². The molecule has 0 saturated carbocycles. The Hall–Kier alpha value is -0.260. The van der Waals surface area contributed by atoms with Gasteiger partial charge in [0.2, 0.25) is 0 Å². The first-order valence-corrected chi connectivity index (χ1v) is 8.01. The van der Waals surface area contributed by atoms with E-state index in [1.54, 1.807) is 11.3 Å². The molecule has 2 aromatic rings. The third-order valence-electron chi connectivity index (χ3n) is 2.14. The normalized spacial score (nSPS) is 12.9. The molecule has 1 N–H and O–H groups in total. The number of anilines is 1. The fourth-order valence-corrected chi connectivity index (χ4v) is 3.35. The van der Waals surface area contributed by atoms with Gasteiger partial charge in [0.15, 0.2) is 5.13 Å². The average molecular weight is 317 g/mol. The molecule has 1 aromatic heterocycles. The molecular formula is C11H13BrN2S2. The van der Waals surface area contributed by atoms with Crippen LogP contribution in [0.2, 0.25) is 0 Å². The second kappa shape index (κ2) is 5.38. The topological polar surface area (TPSA) is 24.9 Å². The van der Waals surface area contributed by atoms with Gasteiger partial charge in [-0.05, 0) is 31.4 Å². The van der Waals surface area contributed by atoms with Gasteiger partial charge in [-0.25, -0.2) is 4.98 Å². The molecule has 2 nitrogen and oxygen atoms in total. The maximum Gasteiger partial charge on any atom is 0.184 e. The quantitative estimate of drug-likeness (QED) is 0.914. The molecule has 0 aliphatic carbocycles. The van der Waals surface area contributed by atoms with Crippen LogP contribution in [0.3, 0.4) is 0 Å². The molecule has 5 heteroatoms. The molecule has 0 saturated heterocycles. The Morgan fingerprint density at radius 1 is 1.56 bits per heavy atom. The second-order valence-electron chi connectivity index (χ2n) is 3.63. The van der Waals surface area contributed by atoms with E-state index in [-0.39, 0.29) is 0 Å². The molecule has 16 heavy (non-hydrogen) atoms. The van der Waals surface area contributed by atoms with Gasteiger partial charge < -0.3 is 5.32 Å². The minimum Gasteiger partial charge on any atom is -0.358 e. The lowest BCUT2D eigenvalue weighted by Gasteiger charge is -2.09. The average Bonchev–Trinajstić information content (AvgIpc) is 2.59. The number of nitrogens with one attached hydrogen (secondary N) is 1. The van der Waals surface area contributed by atoms with Crippen LogP contribution in [0.1, 0.15) is 6.92 Å². The Balaban J connectivity index is 2.19. The lowest BCUT2D eigenvalue weighted by molar-refractivity contribution is 0.912. The number of thiazole rings is 1. The SMILES string of the molecule is CSCC(C)Nc1nc2cc(Br)ccc2s1. The predicted molar refractivity (Wildman–Crippen MR) is 78.8 cm³/mol. The van der Waals surface area contributed by atoms with Crippen LogP contribution in [-0.2, 0) is 0 Å². The number of hydrogen-bond donors (Lipinski definition) is 1. The zero-order valence-electron chi connectivity index (χ0n) is 9.16. The number of halogens is 1. The Labute approximate surface area is 112 Å². The lowest BCUT2D eigenvalue weighted by Crippen LogP contribution is -2.17. The van der Waals surface area contributed by atoms with Crippen molar-refractivity contribution in [1.29, 1.82) is 0 Å². The van der Waals surface area contributed by atoms with Crippen molar-refractivity contribution in [2.24, 2.45) is 0 Å². The first-order valence-electron chi connectivity index (χ1n) is 5.00. The van der Waals surface area contributed by atoms with Crippen molar-refractivity contribution < 1.29 is 0 Å². The third-order valence-corrected chi connectivity index (χ3v) is 4.43. The van der Waals surface area contributed by atoms with Crippen molar-refractivity contribution in [3.63, 3.8) is 0 Å². The molecule has 1 unspecified atom stereocenters. The zero-order chi connectivity index (χ0) is 11.5. The number of rotatable bonds is 4. The third kappa shape index (κ3) is 2.90. The fraction of sp³-hybridized carbons (Fsp3) is 0.364. The number of thioether (sulfide) groups is 1. The summed E-state index contributed by atoms with van der Waals surface area (Å²) >= 11 is 7.01. The van der Waals surface area contributed by atoms with Crippen LogP contribution in [-0.4, -0.2) is 23.0 Å². The Morgan fingerprint density at radius 3 is 3.12 bits per heavy atom. The Morgan fingerprint density at radius 2 is 2.38 bits per heavy atom. The monoisotopic (exact) mass is 316 g/mol. The molecule has 0 spiro atoms. The summed E-state index contributed by atoms with van der Waals surface area (Å²) in [7, 11) is 0. The van der Waals surface area contributed by atoms with E-state index in [0.29, 0.717) is 6.04 Å². The fourth-order valence-electron chi connectivity index (χ4n) is 1.46. The highest BCUT2D eigenvalue weighted by Gasteiger charge is 2.06. The Bertz CT molecular complexity index is 484. The molecular weight excluding hydrogens is 304 g/mol. The van der Waals surface area contributed by atoms with Gasteiger partial charge in [0.25, 0.3) is 0 Å². The van der Waals surface area contributed by atoms with Crippen molar-refractivity contribution >= 4 is 54.4 Å². The molecule has 1 heterocycles. The number of hydrogen-bond acceptors (Lipinski definition) is 4. The first-order chi connectivity index (χ1) is 7.69. The van der Waals surface area contributed by atoms with E-state index in [1.807, 2.05) is 11.8 Å². The van der Waals surface area contributed by atoms with Crippen molar-refractivity contribution in [1.82, 2.24) is 4.98 Å². The summed E-state index contributed by atoms with van der Waals surface area (Å²) in [5, 5.41) is 4.43. The first kappa shape index (κ1) is 12.2. The zero-order valence-corrected chi connectivity index (χ0v) is 12.4. The van der Waals surface area contributed by atoms with Crippen LogP contribution < -0.4 is 5.32 Å². The predicted octanol–water partition coefficient (Wildman–Crippen LogP) is 4.22. The Kier molecular flexibility index (Phi) is 4.10. The van der Waals surface area contributed by atoms with Crippen LogP contribution >= 0.6 is 39.0 Å². The standard InChI is InChI=1S/C11H13BrN2S2/c1-7(6-15-2)13-11-14-9-5-8(12)3-4-10(9)16-11/h3-5,7H,6H2,1-2H3,(H,13,14). The second-order valence-corrected chi connectivity index (χ2v) is 6.49. The summed E-state index contributed by atoms with van der Waals surface area (Å²) in [5.41, 5.74) is 1.05. The number of benzene rings is 1.